The lowest BCUT2D eigenvalue weighted by Gasteiger charge is -2.44. The van der Waals surface area contributed by atoms with Gasteiger partial charge >= 0.3 is 29.8 Å². The van der Waals surface area contributed by atoms with E-state index in [1.54, 1.807) is 6.07 Å². The minimum absolute atomic E-state index is 0.0587. The lowest BCUT2D eigenvalue weighted by molar-refractivity contribution is -0.270. The number of amides is 1. The van der Waals surface area contributed by atoms with Crippen LogP contribution in [0.5, 0.6) is 5.75 Å². The molecule has 13 nitrogen and oxygen atoms in total. The third-order valence-electron chi connectivity index (χ3n) is 4.67. The molecule has 1 aliphatic heterocycles. The molecular weight excluding hydrogens is 482 g/mol. The number of carbonyl (C=O) groups excluding carboxylic acids is 6. The van der Waals surface area contributed by atoms with Gasteiger partial charge in [0.25, 0.3) is 5.91 Å². The van der Waals surface area contributed by atoms with E-state index in [4.69, 9.17) is 28.4 Å². The third-order valence-corrected chi connectivity index (χ3v) is 4.67. The Morgan fingerprint density at radius 3 is 1.92 bits per heavy atom. The van der Waals surface area contributed by atoms with E-state index >= 15 is 0 Å². The van der Waals surface area contributed by atoms with E-state index < -0.39 is 73.0 Å². The van der Waals surface area contributed by atoms with Crippen LogP contribution >= 0.6 is 0 Å². The van der Waals surface area contributed by atoms with Gasteiger partial charge in [-0.15, -0.1) is 0 Å². The molecule has 1 heterocycles. The molecule has 1 aromatic carbocycles. The van der Waals surface area contributed by atoms with E-state index in [0.717, 1.165) is 34.6 Å². The quantitative estimate of drug-likeness (QED) is 0.292. The number of nitrogens with one attached hydrogen (secondary N) is 1. The highest BCUT2D eigenvalue weighted by molar-refractivity contribution is 5.97. The van der Waals surface area contributed by atoms with Gasteiger partial charge in [-0.05, 0) is 12.1 Å². The molecule has 1 aliphatic rings. The SMILES string of the molecule is CC(=O)OC[C@@H]1O[C@H](OC(C)=O)[C@H](NC(=O)c2ccccc2OC(C)=O)[C@@H](OC(C)=O)[C@H]1OC(C)=O. The van der Waals surface area contributed by atoms with Crippen LogP contribution < -0.4 is 10.1 Å². The smallest absolute Gasteiger partial charge is 0.308 e. The normalized spacial score (nSPS) is 23.0. The van der Waals surface area contributed by atoms with Crippen LogP contribution in [-0.2, 0) is 47.7 Å². The van der Waals surface area contributed by atoms with Crippen LogP contribution in [0, 0.1) is 0 Å². The summed E-state index contributed by atoms with van der Waals surface area (Å²) in [5.74, 6) is -4.62. The Hall–Kier alpha value is -4.00. The van der Waals surface area contributed by atoms with Gasteiger partial charge in [0.2, 0.25) is 6.29 Å². The molecule has 36 heavy (non-hydrogen) atoms. The summed E-state index contributed by atoms with van der Waals surface area (Å²) in [5.41, 5.74) is -0.0677. The molecular formula is C23H27NO12. The van der Waals surface area contributed by atoms with Crippen molar-refractivity contribution in [1.29, 1.82) is 0 Å². The summed E-state index contributed by atoms with van der Waals surface area (Å²) in [4.78, 5) is 71.6. The molecule has 1 amide bonds. The van der Waals surface area contributed by atoms with Crippen LogP contribution in [0.4, 0.5) is 0 Å². The Labute approximate surface area is 206 Å². The fraction of sp³-hybridized carbons (Fsp3) is 0.478. The highest BCUT2D eigenvalue weighted by Gasteiger charge is 2.52. The minimum Gasteiger partial charge on any atom is -0.463 e. The van der Waals surface area contributed by atoms with Crippen molar-refractivity contribution in [2.45, 2.75) is 65.3 Å². The van der Waals surface area contributed by atoms with Crippen LogP contribution in [0.25, 0.3) is 0 Å². The lowest BCUT2D eigenvalue weighted by Crippen LogP contribution is -2.67. The fourth-order valence-corrected chi connectivity index (χ4v) is 3.45. The Bertz CT molecular complexity index is 1020. The number of rotatable bonds is 8. The van der Waals surface area contributed by atoms with Gasteiger partial charge in [0.1, 0.15) is 24.5 Å². The number of ether oxygens (including phenoxy) is 6. The zero-order valence-electron chi connectivity index (χ0n) is 20.3. The van der Waals surface area contributed by atoms with E-state index in [1.165, 1.54) is 18.2 Å². The first kappa shape index (κ1) is 28.2. The van der Waals surface area contributed by atoms with E-state index in [9.17, 15) is 28.8 Å². The average Bonchev–Trinajstić information content (AvgIpc) is 2.75. The second-order valence-electron chi connectivity index (χ2n) is 7.69. The van der Waals surface area contributed by atoms with Gasteiger partial charge in [-0.3, -0.25) is 28.8 Å². The van der Waals surface area contributed by atoms with Crippen LogP contribution in [0.2, 0.25) is 0 Å². The Morgan fingerprint density at radius 1 is 0.778 bits per heavy atom. The standard InChI is InChI=1S/C23H27NO12/c1-11(25)31-10-18-20(33-13(3)27)21(34-14(4)28)19(23(36-18)35-15(5)29)24-22(30)16-8-6-7-9-17(16)32-12(2)26/h6-9,18-21,23H,10H2,1-5H3,(H,24,30)/t18-,19+,20-,21+,23-/m0/s1. The molecule has 0 radical (unpaired) electrons. The second kappa shape index (κ2) is 12.6. The first-order valence-corrected chi connectivity index (χ1v) is 10.8. The summed E-state index contributed by atoms with van der Waals surface area (Å²) in [7, 11) is 0. The first-order valence-electron chi connectivity index (χ1n) is 10.8. The zero-order chi connectivity index (χ0) is 27.0. The van der Waals surface area contributed by atoms with Crippen molar-refractivity contribution >= 4 is 35.8 Å². The van der Waals surface area contributed by atoms with E-state index in [0.29, 0.717) is 0 Å². The predicted octanol–water partition coefficient (Wildman–Crippen LogP) is 0.425. The van der Waals surface area contributed by atoms with Crippen molar-refractivity contribution in [2.75, 3.05) is 6.61 Å². The number of carbonyl (C=O) groups is 6. The minimum atomic E-state index is -1.55. The predicted molar refractivity (Wildman–Crippen MR) is 117 cm³/mol. The average molecular weight is 509 g/mol. The van der Waals surface area contributed by atoms with Crippen molar-refractivity contribution in [3.63, 3.8) is 0 Å². The molecule has 0 saturated carbocycles. The van der Waals surface area contributed by atoms with Crippen molar-refractivity contribution < 1.29 is 57.2 Å². The van der Waals surface area contributed by atoms with Crippen molar-refractivity contribution in [3.05, 3.63) is 29.8 Å². The molecule has 1 saturated heterocycles. The Balaban J connectivity index is 2.50. The number of hydrogen-bond acceptors (Lipinski definition) is 12. The Morgan fingerprint density at radius 2 is 1.36 bits per heavy atom. The molecule has 0 aromatic heterocycles. The molecule has 2 rings (SSSR count). The molecule has 0 unspecified atom stereocenters. The van der Waals surface area contributed by atoms with Crippen molar-refractivity contribution in [3.8, 4) is 5.75 Å². The van der Waals surface area contributed by atoms with Crippen LogP contribution in [-0.4, -0.2) is 73.0 Å². The fourth-order valence-electron chi connectivity index (χ4n) is 3.45. The summed E-state index contributed by atoms with van der Waals surface area (Å²) in [6.45, 7) is 5.10. The zero-order valence-corrected chi connectivity index (χ0v) is 20.3. The van der Waals surface area contributed by atoms with Gasteiger partial charge < -0.3 is 33.7 Å². The van der Waals surface area contributed by atoms with Crippen LogP contribution in [0.15, 0.2) is 24.3 Å². The van der Waals surface area contributed by atoms with Crippen molar-refractivity contribution in [1.82, 2.24) is 5.32 Å². The summed E-state index contributed by atoms with van der Waals surface area (Å²) < 4.78 is 31.6. The molecule has 13 heteroatoms. The maximum Gasteiger partial charge on any atom is 0.308 e. The molecule has 0 bridgehead atoms. The van der Waals surface area contributed by atoms with E-state index in [-0.39, 0.29) is 11.3 Å². The highest BCUT2D eigenvalue weighted by Crippen LogP contribution is 2.29. The topological polar surface area (TPSA) is 170 Å². The van der Waals surface area contributed by atoms with Gasteiger partial charge in [0.15, 0.2) is 12.2 Å². The summed E-state index contributed by atoms with van der Waals surface area (Å²) in [6, 6.07) is 4.42. The summed E-state index contributed by atoms with van der Waals surface area (Å²) >= 11 is 0. The molecule has 0 aliphatic carbocycles. The lowest BCUT2D eigenvalue weighted by atomic mass is 9.95. The summed E-state index contributed by atoms with van der Waals surface area (Å²) in [6.07, 6.45) is -5.58. The number of hydrogen-bond donors (Lipinski definition) is 1. The maximum atomic E-state index is 13.2. The monoisotopic (exact) mass is 509 g/mol. The number of benzene rings is 1. The second-order valence-corrected chi connectivity index (χ2v) is 7.69. The van der Waals surface area contributed by atoms with Crippen LogP contribution in [0.3, 0.4) is 0 Å². The molecule has 0 spiro atoms. The maximum absolute atomic E-state index is 13.2. The first-order chi connectivity index (χ1) is 16.9. The van der Waals surface area contributed by atoms with Crippen LogP contribution in [0.1, 0.15) is 45.0 Å². The molecule has 196 valence electrons. The molecule has 1 aromatic rings. The summed E-state index contributed by atoms with van der Waals surface area (Å²) in [5, 5.41) is 2.54. The molecule has 1 fully saturated rings. The Kier molecular flexibility index (Phi) is 9.91. The van der Waals surface area contributed by atoms with Gasteiger partial charge in [0, 0.05) is 34.6 Å². The molecule has 5 atom stereocenters. The van der Waals surface area contributed by atoms with Gasteiger partial charge in [-0.25, -0.2) is 0 Å². The van der Waals surface area contributed by atoms with Gasteiger partial charge in [-0.1, -0.05) is 12.1 Å². The largest absolute Gasteiger partial charge is 0.463 e. The number of para-hydroxylation sites is 1. The third kappa shape index (κ3) is 8.05. The highest BCUT2D eigenvalue weighted by atomic mass is 16.7. The van der Waals surface area contributed by atoms with Crippen molar-refractivity contribution in [2.24, 2.45) is 0 Å². The van der Waals surface area contributed by atoms with Gasteiger partial charge in [0.05, 0.1) is 5.56 Å². The number of esters is 5. The van der Waals surface area contributed by atoms with Gasteiger partial charge in [-0.2, -0.15) is 0 Å². The molecule has 1 N–H and O–H groups in total. The van der Waals surface area contributed by atoms with E-state index in [1.807, 2.05) is 0 Å². The van der Waals surface area contributed by atoms with E-state index in [2.05, 4.69) is 5.32 Å².